The van der Waals surface area contributed by atoms with Crippen LogP contribution in [0.1, 0.15) is 33.1 Å². The van der Waals surface area contributed by atoms with Crippen LogP contribution in [0.3, 0.4) is 0 Å². The Morgan fingerprint density at radius 3 is 2.06 bits per heavy atom. The van der Waals surface area contributed by atoms with Crippen molar-refractivity contribution < 1.29 is 18.0 Å². The number of rotatable bonds is 4. The Labute approximate surface area is 190 Å². The van der Waals surface area contributed by atoms with Crippen molar-refractivity contribution in [2.75, 3.05) is 26.2 Å². The summed E-state index contributed by atoms with van der Waals surface area (Å²) in [4.78, 5) is 16.8. The number of amides is 1. The standard InChI is InChI=1S/C25H22ClF3N2O/c26-22-11-9-19(10-12-22)23(18-5-2-1-3-6-18)30-13-15-31(16-14-30)24(32)20-7-4-8-21(17-20)25(27,28)29/h1-12,17,23H,13-16H2/t23-/m1/s1. The highest BCUT2D eigenvalue weighted by Gasteiger charge is 2.32. The SMILES string of the molecule is O=C(c1cccc(C(F)(F)F)c1)N1CCN([C@H](c2ccccc2)c2ccc(Cl)cc2)CC1. The minimum absolute atomic E-state index is 0.000670. The molecule has 0 spiro atoms. The van der Waals surface area contributed by atoms with Crippen molar-refractivity contribution in [2.24, 2.45) is 0 Å². The molecule has 1 saturated heterocycles. The topological polar surface area (TPSA) is 23.6 Å². The van der Waals surface area contributed by atoms with Gasteiger partial charge in [-0.2, -0.15) is 13.2 Å². The van der Waals surface area contributed by atoms with Crippen LogP contribution in [0, 0.1) is 0 Å². The Morgan fingerprint density at radius 1 is 0.812 bits per heavy atom. The van der Waals surface area contributed by atoms with Gasteiger partial charge in [0.2, 0.25) is 0 Å². The summed E-state index contributed by atoms with van der Waals surface area (Å²) in [5.74, 6) is -0.376. The van der Waals surface area contributed by atoms with Crippen molar-refractivity contribution in [1.29, 1.82) is 0 Å². The molecule has 0 saturated carbocycles. The number of hydrogen-bond acceptors (Lipinski definition) is 2. The summed E-state index contributed by atoms with van der Waals surface area (Å²) in [6, 6.07) is 22.4. The molecule has 3 aromatic rings. The molecule has 1 fully saturated rings. The number of hydrogen-bond donors (Lipinski definition) is 0. The van der Waals surface area contributed by atoms with E-state index in [1.54, 1.807) is 4.90 Å². The average molecular weight is 459 g/mol. The molecule has 0 radical (unpaired) electrons. The van der Waals surface area contributed by atoms with E-state index in [9.17, 15) is 18.0 Å². The maximum Gasteiger partial charge on any atom is 0.416 e. The van der Waals surface area contributed by atoms with Crippen LogP contribution in [0.15, 0.2) is 78.9 Å². The van der Waals surface area contributed by atoms with Gasteiger partial charge in [-0.25, -0.2) is 0 Å². The molecule has 32 heavy (non-hydrogen) atoms. The average Bonchev–Trinajstić information content (AvgIpc) is 2.81. The number of halogens is 4. The molecule has 0 aromatic heterocycles. The normalized spacial score (nSPS) is 16.1. The van der Waals surface area contributed by atoms with Gasteiger partial charge in [-0.05, 0) is 41.5 Å². The van der Waals surface area contributed by atoms with Crippen LogP contribution in [-0.2, 0) is 6.18 Å². The van der Waals surface area contributed by atoms with Gasteiger partial charge in [0, 0.05) is 36.8 Å². The third kappa shape index (κ3) is 4.97. The number of carbonyl (C=O) groups excluding carboxylic acids is 1. The van der Waals surface area contributed by atoms with E-state index in [1.165, 1.54) is 12.1 Å². The zero-order valence-corrected chi connectivity index (χ0v) is 18.0. The highest BCUT2D eigenvalue weighted by atomic mass is 35.5. The molecule has 0 unspecified atom stereocenters. The molecule has 1 aliphatic heterocycles. The van der Waals surface area contributed by atoms with Crippen LogP contribution in [0.4, 0.5) is 13.2 Å². The number of nitrogens with zero attached hydrogens (tertiary/aromatic N) is 2. The van der Waals surface area contributed by atoms with Crippen molar-refractivity contribution in [1.82, 2.24) is 9.80 Å². The van der Waals surface area contributed by atoms with Gasteiger partial charge in [-0.1, -0.05) is 60.1 Å². The molecule has 1 heterocycles. The number of piperazine rings is 1. The zero-order chi connectivity index (χ0) is 22.7. The van der Waals surface area contributed by atoms with Gasteiger partial charge in [-0.15, -0.1) is 0 Å². The van der Waals surface area contributed by atoms with Gasteiger partial charge >= 0.3 is 6.18 Å². The summed E-state index contributed by atoms with van der Waals surface area (Å²) in [6.45, 7) is 2.08. The molecule has 0 bridgehead atoms. The Kier molecular flexibility index (Phi) is 6.53. The van der Waals surface area contributed by atoms with Crippen LogP contribution in [0.5, 0.6) is 0 Å². The molecule has 4 rings (SSSR count). The van der Waals surface area contributed by atoms with E-state index < -0.39 is 11.7 Å². The number of benzene rings is 3. The van der Waals surface area contributed by atoms with Gasteiger partial charge in [0.05, 0.1) is 11.6 Å². The second-order valence-electron chi connectivity index (χ2n) is 7.77. The first-order valence-corrected chi connectivity index (χ1v) is 10.7. The molecule has 1 atom stereocenters. The van der Waals surface area contributed by atoms with E-state index >= 15 is 0 Å². The summed E-state index contributed by atoms with van der Waals surface area (Å²) < 4.78 is 39.1. The second kappa shape index (κ2) is 9.35. The van der Waals surface area contributed by atoms with E-state index in [-0.39, 0.29) is 17.5 Å². The summed E-state index contributed by atoms with van der Waals surface area (Å²) in [7, 11) is 0. The Morgan fingerprint density at radius 2 is 1.44 bits per heavy atom. The lowest BCUT2D eigenvalue weighted by molar-refractivity contribution is -0.137. The molecule has 7 heteroatoms. The van der Waals surface area contributed by atoms with E-state index in [0.29, 0.717) is 31.2 Å². The maximum absolute atomic E-state index is 13.0. The zero-order valence-electron chi connectivity index (χ0n) is 17.2. The van der Waals surface area contributed by atoms with Gasteiger partial charge in [0.25, 0.3) is 5.91 Å². The van der Waals surface area contributed by atoms with Crippen molar-refractivity contribution in [3.8, 4) is 0 Å². The fourth-order valence-electron chi connectivity index (χ4n) is 4.09. The highest BCUT2D eigenvalue weighted by molar-refractivity contribution is 6.30. The molecular weight excluding hydrogens is 437 g/mol. The van der Waals surface area contributed by atoms with Crippen molar-refractivity contribution in [2.45, 2.75) is 12.2 Å². The lowest BCUT2D eigenvalue weighted by atomic mass is 9.96. The van der Waals surface area contributed by atoms with Crippen molar-refractivity contribution >= 4 is 17.5 Å². The van der Waals surface area contributed by atoms with E-state index in [2.05, 4.69) is 17.0 Å². The Bertz CT molecular complexity index is 1060. The first-order valence-electron chi connectivity index (χ1n) is 10.3. The first-order chi connectivity index (χ1) is 15.3. The largest absolute Gasteiger partial charge is 0.416 e. The van der Waals surface area contributed by atoms with E-state index in [1.807, 2.05) is 42.5 Å². The number of alkyl halides is 3. The van der Waals surface area contributed by atoms with Crippen molar-refractivity contribution in [3.05, 3.63) is 106 Å². The first kappa shape index (κ1) is 22.4. The van der Waals surface area contributed by atoms with Crippen LogP contribution in [0.2, 0.25) is 5.02 Å². The van der Waals surface area contributed by atoms with E-state index in [4.69, 9.17) is 11.6 Å². The predicted octanol–water partition coefficient (Wildman–Crippen LogP) is 5.91. The molecular formula is C25H22ClF3N2O. The molecule has 0 N–H and O–H groups in total. The Hall–Kier alpha value is -2.83. The third-order valence-electron chi connectivity index (χ3n) is 5.70. The predicted molar refractivity (Wildman–Crippen MR) is 119 cm³/mol. The van der Waals surface area contributed by atoms with Crippen molar-refractivity contribution in [3.63, 3.8) is 0 Å². The quantitative estimate of drug-likeness (QED) is 0.485. The fraction of sp³-hybridized carbons (Fsp3) is 0.240. The summed E-state index contributed by atoms with van der Waals surface area (Å²) in [6.07, 6.45) is -4.48. The molecule has 1 amide bonds. The summed E-state index contributed by atoms with van der Waals surface area (Å²) >= 11 is 6.07. The molecule has 3 aromatic carbocycles. The van der Waals surface area contributed by atoms with Crippen LogP contribution in [-0.4, -0.2) is 41.9 Å². The number of carbonyl (C=O) groups is 1. The van der Waals surface area contributed by atoms with Gasteiger partial charge in [-0.3, -0.25) is 9.69 Å². The van der Waals surface area contributed by atoms with Gasteiger partial charge in [0.1, 0.15) is 0 Å². The Balaban J connectivity index is 1.51. The lowest BCUT2D eigenvalue weighted by Gasteiger charge is -2.40. The molecule has 166 valence electrons. The maximum atomic E-state index is 13.0. The van der Waals surface area contributed by atoms with Gasteiger partial charge in [0.15, 0.2) is 0 Å². The highest BCUT2D eigenvalue weighted by Crippen LogP contribution is 2.32. The smallest absolute Gasteiger partial charge is 0.336 e. The monoisotopic (exact) mass is 458 g/mol. The van der Waals surface area contributed by atoms with Crippen LogP contribution in [0.25, 0.3) is 0 Å². The second-order valence-corrected chi connectivity index (χ2v) is 8.21. The molecule has 1 aliphatic rings. The summed E-state index contributed by atoms with van der Waals surface area (Å²) in [5, 5.41) is 0.664. The third-order valence-corrected chi connectivity index (χ3v) is 5.96. The minimum Gasteiger partial charge on any atom is -0.336 e. The van der Waals surface area contributed by atoms with Crippen LogP contribution < -0.4 is 0 Å². The van der Waals surface area contributed by atoms with Gasteiger partial charge < -0.3 is 4.90 Å². The minimum atomic E-state index is -4.48. The molecule has 3 nitrogen and oxygen atoms in total. The molecule has 0 aliphatic carbocycles. The van der Waals surface area contributed by atoms with E-state index in [0.717, 1.165) is 23.3 Å². The lowest BCUT2D eigenvalue weighted by Crippen LogP contribution is -2.49. The van der Waals surface area contributed by atoms with Crippen LogP contribution >= 0.6 is 11.6 Å². The fourth-order valence-corrected chi connectivity index (χ4v) is 4.21. The summed E-state index contributed by atoms with van der Waals surface area (Å²) in [5.41, 5.74) is 1.48.